The topological polar surface area (TPSA) is 257 Å². The van der Waals surface area contributed by atoms with Gasteiger partial charge in [-0.2, -0.15) is 21.0 Å². The second-order valence-corrected chi connectivity index (χ2v) is 16.1. The van der Waals surface area contributed by atoms with Gasteiger partial charge < -0.3 is 29.8 Å². The average Bonchev–Trinajstić information content (AvgIpc) is 4.02. The normalized spacial score (nSPS) is 29.7. The molecule has 320 valence electrons. The van der Waals surface area contributed by atoms with Crippen LogP contribution in [-0.2, 0) is 28.8 Å². The molecule has 0 N–H and O–H groups in total. The largest absolute Gasteiger partial charge is 0.876 e. The molecule has 0 bridgehead atoms. The highest BCUT2D eigenvalue weighted by Gasteiger charge is 2.46. The molecule has 0 spiro atoms. The molecule has 5 heterocycles. The molecule has 1 saturated carbocycles. The van der Waals surface area contributed by atoms with Crippen molar-refractivity contribution in [3.63, 3.8) is 0 Å². The molecule has 5 aliphatic heterocycles. The van der Waals surface area contributed by atoms with E-state index < -0.39 is 12.1 Å². The molecule has 16 heteroatoms. The predicted octanol–water partition coefficient (Wildman–Crippen LogP) is 1.81. The van der Waals surface area contributed by atoms with Crippen LogP contribution >= 0.6 is 0 Å². The van der Waals surface area contributed by atoms with Crippen molar-refractivity contribution in [2.24, 2.45) is 35.5 Å². The summed E-state index contributed by atoms with van der Waals surface area (Å²) in [5, 5.41) is 58.0. The SMILES string of the molecule is C=C(C#N)C1C(C(C)=O)CCN1C(C)=O.C=C(C#N)C1C(C(C)=O)CCN1C(C)=O.C=C([O-])C1CCN2C(=O)CC(C#N)CC12.C=C([O-])N1CCC2C(=O)CCC(C#N)C21. The third-order valence-electron chi connectivity index (χ3n) is 12.5. The summed E-state index contributed by atoms with van der Waals surface area (Å²) in [5.74, 6) is -1.55. The van der Waals surface area contributed by atoms with E-state index in [0.29, 0.717) is 88.7 Å². The number of nitrogens with zero attached hydrogens (tertiary/aromatic N) is 8. The molecular weight excluding hydrogens is 769 g/mol. The van der Waals surface area contributed by atoms with Crippen LogP contribution in [0.1, 0.15) is 79.1 Å². The number of carbonyl (C=O) groups excluding carboxylic acids is 6. The van der Waals surface area contributed by atoms with Crippen molar-refractivity contribution in [1.29, 1.82) is 21.0 Å². The molecule has 60 heavy (non-hydrogen) atoms. The number of nitriles is 4. The lowest BCUT2D eigenvalue weighted by Gasteiger charge is -2.38. The Hall–Kier alpha value is -6.26. The number of hydrogen-bond acceptors (Lipinski definition) is 13. The maximum Gasteiger partial charge on any atom is 0.224 e. The van der Waals surface area contributed by atoms with Crippen LogP contribution in [0.5, 0.6) is 0 Å². The second kappa shape index (κ2) is 21.1. The maximum absolute atomic E-state index is 11.7. The molecule has 6 rings (SSSR count). The lowest BCUT2D eigenvalue weighted by atomic mass is 9.77. The first kappa shape index (κ1) is 48.1. The molecule has 0 radical (unpaired) electrons. The Bertz CT molecular complexity index is 1820. The van der Waals surface area contributed by atoms with Gasteiger partial charge in [0.15, 0.2) is 0 Å². The minimum atomic E-state index is -0.426. The number of piperidine rings is 1. The molecule has 10 unspecified atom stereocenters. The van der Waals surface area contributed by atoms with Gasteiger partial charge in [0, 0.05) is 87.8 Å². The molecule has 6 fully saturated rings. The number of likely N-dealkylation sites (tertiary alicyclic amines) is 3. The van der Waals surface area contributed by atoms with Crippen LogP contribution in [0.4, 0.5) is 0 Å². The zero-order valence-corrected chi connectivity index (χ0v) is 34.9. The van der Waals surface area contributed by atoms with Crippen LogP contribution in [0, 0.1) is 80.8 Å². The summed E-state index contributed by atoms with van der Waals surface area (Å²) in [7, 11) is 0. The van der Waals surface area contributed by atoms with Crippen molar-refractivity contribution in [3.8, 4) is 24.3 Å². The molecule has 3 amide bonds. The van der Waals surface area contributed by atoms with Gasteiger partial charge in [0.1, 0.15) is 17.3 Å². The third kappa shape index (κ3) is 10.9. The molecule has 10 atom stereocenters. The van der Waals surface area contributed by atoms with Crippen LogP contribution in [0.25, 0.3) is 0 Å². The van der Waals surface area contributed by atoms with E-state index in [4.69, 9.17) is 21.0 Å². The van der Waals surface area contributed by atoms with E-state index in [0.717, 1.165) is 0 Å². The van der Waals surface area contributed by atoms with Crippen LogP contribution in [0.3, 0.4) is 0 Å². The summed E-state index contributed by atoms with van der Waals surface area (Å²) in [4.78, 5) is 75.1. The van der Waals surface area contributed by atoms with Crippen molar-refractivity contribution in [1.82, 2.24) is 19.6 Å². The molecule has 0 aromatic rings. The van der Waals surface area contributed by atoms with E-state index >= 15 is 0 Å². The Morgan fingerprint density at radius 3 is 1.55 bits per heavy atom. The van der Waals surface area contributed by atoms with E-state index in [9.17, 15) is 39.0 Å². The van der Waals surface area contributed by atoms with Crippen LogP contribution in [-0.4, -0.2) is 105 Å². The summed E-state index contributed by atoms with van der Waals surface area (Å²) in [6.07, 6.45) is 4.67. The van der Waals surface area contributed by atoms with Crippen LogP contribution in [0.15, 0.2) is 49.1 Å². The van der Waals surface area contributed by atoms with Crippen molar-refractivity contribution < 1.29 is 39.0 Å². The van der Waals surface area contributed by atoms with E-state index in [-0.39, 0.29) is 94.3 Å². The Morgan fingerprint density at radius 1 is 0.667 bits per heavy atom. The van der Waals surface area contributed by atoms with Gasteiger partial charge in [-0.25, -0.2) is 0 Å². The van der Waals surface area contributed by atoms with Gasteiger partial charge in [0.2, 0.25) is 17.7 Å². The summed E-state index contributed by atoms with van der Waals surface area (Å²) in [5.41, 5.74) is 0.589. The van der Waals surface area contributed by atoms with E-state index in [2.05, 4.69) is 38.5 Å². The highest BCUT2D eigenvalue weighted by atomic mass is 16.3. The zero-order chi connectivity index (χ0) is 45.2. The molecule has 6 aliphatic rings. The maximum atomic E-state index is 11.7. The monoisotopic (exact) mass is 822 g/mol. The zero-order valence-electron chi connectivity index (χ0n) is 34.9. The molecule has 0 aromatic carbocycles. The van der Waals surface area contributed by atoms with Crippen molar-refractivity contribution in [2.45, 2.75) is 103 Å². The highest BCUT2D eigenvalue weighted by Crippen LogP contribution is 2.39. The van der Waals surface area contributed by atoms with Crippen molar-refractivity contribution in [3.05, 3.63) is 49.1 Å². The lowest BCUT2D eigenvalue weighted by Crippen LogP contribution is -2.45. The Labute approximate surface area is 352 Å². The van der Waals surface area contributed by atoms with Gasteiger partial charge in [-0.05, 0) is 64.2 Å². The number of Topliss-reactive ketones (excluding diaryl/α,β-unsaturated/α-hetero) is 3. The first-order valence-electron chi connectivity index (χ1n) is 20.1. The number of carbonyl (C=O) groups is 6. The summed E-state index contributed by atoms with van der Waals surface area (Å²) >= 11 is 0. The van der Waals surface area contributed by atoms with E-state index in [1.165, 1.54) is 27.7 Å². The van der Waals surface area contributed by atoms with E-state index in [1.54, 1.807) is 19.6 Å². The van der Waals surface area contributed by atoms with Crippen LogP contribution in [0.2, 0.25) is 0 Å². The fourth-order valence-corrected chi connectivity index (χ4v) is 9.52. The van der Waals surface area contributed by atoms with E-state index in [1.807, 2.05) is 12.1 Å². The first-order chi connectivity index (χ1) is 28.2. The quantitative estimate of drug-likeness (QED) is 0.274. The minimum Gasteiger partial charge on any atom is -0.876 e. The fourth-order valence-electron chi connectivity index (χ4n) is 9.52. The van der Waals surface area contributed by atoms with Crippen molar-refractivity contribution >= 4 is 35.1 Å². The smallest absolute Gasteiger partial charge is 0.224 e. The Balaban J connectivity index is 0.000000214. The van der Waals surface area contributed by atoms with Gasteiger partial charge in [-0.1, -0.05) is 19.7 Å². The number of ketones is 3. The number of fused-ring (bicyclic) bond motifs is 2. The molecule has 1 aliphatic carbocycles. The number of hydrogen-bond donors (Lipinski definition) is 0. The number of rotatable bonds is 6. The van der Waals surface area contributed by atoms with Gasteiger partial charge in [-0.3, -0.25) is 28.8 Å². The summed E-state index contributed by atoms with van der Waals surface area (Å²) in [6, 6.07) is 7.08. The molecule has 16 nitrogen and oxygen atoms in total. The Morgan fingerprint density at radius 2 is 1.15 bits per heavy atom. The molecule has 5 saturated heterocycles. The predicted molar refractivity (Wildman–Crippen MR) is 212 cm³/mol. The molecule has 0 aromatic heterocycles. The summed E-state index contributed by atoms with van der Waals surface area (Å²) < 4.78 is 0. The van der Waals surface area contributed by atoms with Gasteiger partial charge >= 0.3 is 0 Å². The lowest BCUT2D eigenvalue weighted by molar-refractivity contribution is -0.334. The third-order valence-corrected chi connectivity index (χ3v) is 12.5. The highest BCUT2D eigenvalue weighted by molar-refractivity contribution is 5.84. The number of amides is 3. The van der Waals surface area contributed by atoms with Gasteiger partial charge in [-0.15, -0.1) is 12.3 Å². The van der Waals surface area contributed by atoms with Gasteiger partial charge in [0.25, 0.3) is 0 Å². The fraction of sp³-hybridized carbons (Fsp3) is 0.591. The Kier molecular flexibility index (Phi) is 16.9. The second-order valence-electron chi connectivity index (χ2n) is 16.1. The minimum absolute atomic E-state index is 0.0140. The van der Waals surface area contributed by atoms with Gasteiger partial charge in [0.05, 0.1) is 54.2 Å². The van der Waals surface area contributed by atoms with Crippen LogP contribution < -0.4 is 10.2 Å². The first-order valence-corrected chi connectivity index (χ1v) is 20.1. The molecular formula is C44H54N8O8-2. The summed E-state index contributed by atoms with van der Waals surface area (Å²) in [6.45, 7) is 22.2. The standard InChI is InChI=1S/4C11H14N2O2/c1-7(14)9-2-3-13-10(9)4-8(6-12)5-11(13)15;1-7(14)13-5-4-9-10(15)3-2-8(6-12)11(9)13;2*1-7(6-12)11-10(8(2)14)4-5-13(11)9(3)15/h8-10,14H,1-5H2;8-9,11,14H,1-5H2;2*10-11H,1,4-5H2,2-3H3/p-2. The van der Waals surface area contributed by atoms with Crippen molar-refractivity contribution in [2.75, 3.05) is 26.2 Å². The average molecular weight is 823 g/mol.